The molecular formula is C12H21N5O. The zero-order valence-corrected chi connectivity index (χ0v) is 11.5. The van der Waals surface area contributed by atoms with Gasteiger partial charge in [-0.05, 0) is 20.9 Å². The first-order chi connectivity index (χ1) is 8.31. The fourth-order valence-corrected chi connectivity index (χ4v) is 2.24. The molecule has 1 aromatic rings. The Bertz CT molecular complexity index is 465. The van der Waals surface area contributed by atoms with E-state index in [0.717, 1.165) is 13.1 Å². The van der Waals surface area contributed by atoms with Gasteiger partial charge in [-0.3, -0.25) is 14.4 Å². The number of likely N-dealkylation sites (N-methyl/N-ethyl adjacent to an activating group) is 1. The first kappa shape index (κ1) is 12.9. The van der Waals surface area contributed by atoms with Crippen LogP contribution in [0.3, 0.4) is 0 Å². The summed E-state index contributed by atoms with van der Waals surface area (Å²) in [5.41, 5.74) is 6.59. The van der Waals surface area contributed by atoms with Crippen molar-refractivity contribution in [3.05, 3.63) is 11.9 Å². The molecule has 2 N–H and O–H groups in total. The van der Waals surface area contributed by atoms with Crippen molar-refractivity contribution < 1.29 is 4.79 Å². The number of aryl methyl sites for hydroxylation is 1. The van der Waals surface area contributed by atoms with Crippen LogP contribution in [0.5, 0.6) is 0 Å². The van der Waals surface area contributed by atoms with Gasteiger partial charge in [0.1, 0.15) is 0 Å². The smallest absolute Gasteiger partial charge is 0.276 e. The number of hydrogen-bond donors (Lipinski definition) is 1. The van der Waals surface area contributed by atoms with Gasteiger partial charge >= 0.3 is 0 Å². The Balaban J connectivity index is 2.18. The number of nitrogens with zero attached hydrogens (tertiary/aromatic N) is 4. The number of anilines is 1. The van der Waals surface area contributed by atoms with Gasteiger partial charge in [0.25, 0.3) is 5.91 Å². The molecular weight excluding hydrogens is 230 g/mol. The Labute approximate surface area is 107 Å². The van der Waals surface area contributed by atoms with E-state index in [1.807, 2.05) is 4.90 Å². The summed E-state index contributed by atoms with van der Waals surface area (Å²) in [6, 6.07) is 0. The van der Waals surface area contributed by atoms with Gasteiger partial charge in [0.05, 0.1) is 5.69 Å². The van der Waals surface area contributed by atoms with Crippen molar-refractivity contribution in [3.63, 3.8) is 0 Å². The minimum atomic E-state index is -0.0747. The third kappa shape index (κ3) is 2.20. The first-order valence-corrected chi connectivity index (χ1v) is 6.11. The number of hydrogen-bond acceptors (Lipinski definition) is 4. The number of aromatic nitrogens is 2. The number of piperazine rings is 1. The second-order valence-electron chi connectivity index (χ2n) is 5.57. The van der Waals surface area contributed by atoms with Crippen molar-refractivity contribution >= 4 is 11.6 Å². The third-order valence-corrected chi connectivity index (χ3v) is 3.66. The summed E-state index contributed by atoms with van der Waals surface area (Å²) in [7, 11) is 3.85. The third-order valence-electron chi connectivity index (χ3n) is 3.66. The van der Waals surface area contributed by atoms with Crippen molar-refractivity contribution in [1.29, 1.82) is 0 Å². The van der Waals surface area contributed by atoms with Crippen molar-refractivity contribution in [3.8, 4) is 0 Å². The lowest BCUT2D eigenvalue weighted by Gasteiger charge is -2.45. The lowest BCUT2D eigenvalue weighted by atomic mass is 9.99. The van der Waals surface area contributed by atoms with Crippen LogP contribution in [0.1, 0.15) is 24.3 Å². The van der Waals surface area contributed by atoms with Crippen LogP contribution in [-0.2, 0) is 7.05 Å². The number of nitrogen functional groups attached to an aromatic ring is 1. The molecule has 0 unspecified atom stereocenters. The first-order valence-electron chi connectivity index (χ1n) is 6.11. The highest BCUT2D eigenvalue weighted by Gasteiger charge is 2.34. The van der Waals surface area contributed by atoms with E-state index in [9.17, 15) is 4.79 Å². The highest BCUT2D eigenvalue weighted by molar-refractivity contribution is 5.97. The van der Waals surface area contributed by atoms with Crippen LogP contribution in [-0.4, -0.2) is 57.7 Å². The standard InChI is InChI=1S/C12H21N5O/c1-12(2)8-17(6-5-15(12)3)11(18)10-9(13)7-16(4)14-10/h7H,5-6,8,13H2,1-4H3. The predicted molar refractivity (Wildman–Crippen MR) is 70.2 cm³/mol. The summed E-state index contributed by atoms with van der Waals surface area (Å²) < 4.78 is 1.57. The molecule has 0 spiro atoms. The molecule has 2 heterocycles. The predicted octanol–water partition coefficient (Wildman–Crippen LogP) is 0.169. The molecule has 1 fully saturated rings. The lowest BCUT2D eigenvalue weighted by molar-refractivity contribution is 0.0307. The normalized spacial score (nSPS) is 20.1. The summed E-state index contributed by atoms with van der Waals surface area (Å²) in [5, 5.41) is 4.14. The summed E-state index contributed by atoms with van der Waals surface area (Å²) in [6.07, 6.45) is 1.66. The monoisotopic (exact) mass is 251 g/mol. The molecule has 1 aliphatic rings. The molecule has 100 valence electrons. The maximum atomic E-state index is 12.4. The van der Waals surface area contributed by atoms with Crippen LogP contribution in [0.15, 0.2) is 6.20 Å². The molecule has 1 aromatic heterocycles. The average molecular weight is 251 g/mol. The molecule has 0 atom stereocenters. The number of nitrogens with two attached hydrogens (primary N) is 1. The maximum Gasteiger partial charge on any atom is 0.276 e. The SMILES string of the molecule is CN1CCN(C(=O)c2nn(C)cc2N)CC1(C)C. The fourth-order valence-electron chi connectivity index (χ4n) is 2.24. The number of rotatable bonds is 1. The number of carbonyl (C=O) groups is 1. The second-order valence-corrected chi connectivity index (χ2v) is 5.57. The zero-order valence-electron chi connectivity index (χ0n) is 11.5. The van der Waals surface area contributed by atoms with E-state index in [-0.39, 0.29) is 11.4 Å². The molecule has 0 aliphatic carbocycles. The van der Waals surface area contributed by atoms with Crippen molar-refractivity contribution in [2.24, 2.45) is 7.05 Å². The van der Waals surface area contributed by atoms with Gasteiger partial charge in [-0.25, -0.2) is 0 Å². The van der Waals surface area contributed by atoms with E-state index in [0.29, 0.717) is 17.9 Å². The largest absolute Gasteiger partial charge is 0.396 e. The maximum absolute atomic E-state index is 12.4. The summed E-state index contributed by atoms with van der Waals surface area (Å²) >= 11 is 0. The van der Waals surface area contributed by atoms with Crippen LogP contribution in [0, 0.1) is 0 Å². The van der Waals surface area contributed by atoms with Gasteiger partial charge in [0, 0.05) is 38.4 Å². The number of amides is 1. The highest BCUT2D eigenvalue weighted by Crippen LogP contribution is 2.21. The van der Waals surface area contributed by atoms with E-state index in [1.165, 1.54) is 0 Å². The van der Waals surface area contributed by atoms with Gasteiger partial charge < -0.3 is 10.6 Å². The highest BCUT2D eigenvalue weighted by atomic mass is 16.2. The van der Waals surface area contributed by atoms with E-state index in [4.69, 9.17) is 5.73 Å². The molecule has 0 bridgehead atoms. The lowest BCUT2D eigenvalue weighted by Crippen LogP contribution is -2.58. The summed E-state index contributed by atoms with van der Waals surface area (Å²) in [6.45, 7) is 6.54. The van der Waals surface area contributed by atoms with Crippen LogP contribution in [0.25, 0.3) is 0 Å². The van der Waals surface area contributed by atoms with Gasteiger partial charge in [0.2, 0.25) is 0 Å². The van der Waals surface area contributed by atoms with Crippen LogP contribution >= 0.6 is 0 Å². The van der Waals surface area contributed by atoms with Gasteiger partial charge in [-0.15, -0.1) is 0 Å². The Morgan fingerprint density at radius 1 is 1.39 bits per heavy atom. The molecule has 1 aliphatic heterocycles. The van der Waals surface area contributed by atoms with Crippen LogP contribution < -0.4 is 5.73 Å². The minimum absolute atomic E-state index is 0.0164. The molecule has 6 heteroatoms. The quantitative estimate of drug-likeness (QED) is 0.772. The average Bonchev–Trinajstić information content (AvgIpc) is 2.60. The minimum Gasteiger partial charge on any atom is -0.396 e. The summed E-state index contributed by atoms with van der Waals surface area (Å²) in [5.74, 6) is -0.0747. The molecule has 0 radical (unpaired) electrons. The topological polar surface area (TPSA) is 67.4 Å². The number of carbonyl (C=O) groups excluding carboxylic acids is 1. The van der Waals surface area contributed by atoms with E-state index in [1.54, 1.807) is 17.9 Å². The molecule has 1 saturated heterocycles. The van der Waals surface area contributed by atoms with Crippen LogP contribution in [0.2, 0.25) is 0 Å². The summed E-state index contributed by atoms with van der Waals surface area (Å²) in [4.78, 5) is 16.5. The molecule has 0 saturated carbocycles. The van der Waals surface area contributed by atoms with Crippen molar-refractivity contribution in [1.82, 2.24) is 19.6 Å². The second kappa shape index (κ2) is 4.28. The van der Waals surface area contributed by atoms with E-state index < -0.39 is 0 Å². The Kier molecular flexibility index (Phi) is 3.06. The molecule has 6 nitrogen and oxygen atoms in total. The fraction of sp³-hybridized carbons (Fsp3) is 0.667. The Morgan fingerprint density at radius 3 is 2.56 bits per heavy atom. The Morgan fingerprint density at radius 2 is 2.06 bits per heavy atom. The van der Waals surface area contributed by atoms with E-state index >= 15 is 0 Å². The zero-order chi connectivity index (χ0) is 13.5. The van der Waals surface area contributed by atoms with Gasteiger partial charge in [-0.2, -0.15) is 5.10 Å². The van der Waals surface area contributed by atoms with Crippen LogP contribution in [0.4, 0.5) is 5.69 Å². The van der Waals surface area contributed by atoms with E-state index in [2.05, 4.69) is 30.9 Å². The molecule has 1 amide bonds. The van der Waals surface area contributed by atoms with Crippen molar-refractivity contribution in [2.45, 2.75) is 19.4 Å². The molecule has 0 aromatic carbocycles. The Hall–Kier alpha value is -1.56. The molecule has 18 heavy (non-hydrogen) atoms. The van der Waals surface area contributed by atoms with Gasteiger partial charge in [0.15, 0.2) is 5.69 Å². The molecule has 2 rings (SSSR count). The van der Waals surface area contributed by atoms with Crippen molar-refractivity contribution in [2.75, 3.05) is 32.4 Å². The van der Waals surface area contributed by atoms with Gasteiger partial charge in [-0.1, -0.05) is 0 Å².